The molecular weight excluding hydrogens is 244 g/mol. The third-order valence-corrected chi connectivity index (χ3v) is 3.59. The van der Waals surface area contributed by atoms with E-state index in [4.69, 9.17) is 14.4 Å². The Labute approximate surface area is 92.2 Å². The molecule has 0 aromatic carbocycles. The van der Waals surface area contributed by atoms with Gasteiger partial charge in [0.1, 0.15) is 18.3 Å². The Morgan fingerprint density at radius 1 is 1.31 bits per heavy atom. The lowest BCUT2D eigenvalue weighted by atomic mass is 10.0. The fourth-order valence-corrected chi connectivity index (χ4v) is 2.53. The first-order valence-corrected chi connectivity index (χ1v) is 5.94. The maximum absolute atomic E-state index is 11.0. The molecular formula is C7H14O8S. The molecule has 1 aliphatic rings. The molecule has 5 atom stereocenters. The predicted octanol–water partition coefficient (Wildman–Crippen LogP) is -2.67. The highest BCUT2D eigenvalue weighted by molar-refractivity contribution is 7.86. The maximum atomic E-state index is 11.0. The van der Waals surface area contributed by atoms with E-state index in [1.807, 2.05) is 0 Å². The molecule has 1 saturated heterocycles. The summed E-state index contributed by atoms with van der Waals surface area (Å²) >= 11 is 0. The third-order valence-electron chi connectivity index (χ3n) is 2.40. The molecule has 0 aromatic heterocycles. The van der Waals surface area contributed by atoms with Gasteiger partial charge < -0.3 is 24.8 Å². The van der Waals surface area contributed by atoms with Gasteiger partial charge in [-0.15, -0.1) is 0 Å². The van der Waals surface area contributed by atoms with Gasteiger partial charge in [-0.3, -0.25) is 4.55 Å². The zero-order valence-electron chi connectivity index (χ0n) is 8.42. The van der Waals surface area contributed by atoms with Crippen molar-refractivity contribution < 1.29 is 37.8 Å². The van der Waals surface area contributed by atoms with Gasteiger partial charge in [0.25, 0.3) is 10.1 Å². The molecule has 1 aliphatic heterocycles. The Bertz CT molecular complexity index is 325. The monoisotopic (exact) mass is 258 g/mol. The summed E-state index contributed by atoms with van der Waals surface area (Å²) < 4.78 is 40.3. The minimum absolute atomic E-state index is 0.615. The van der Waals surface area contributed by atoms with Gasteiger partial charge in [-0.1, -0.05) is 0 Å². The van der Waals surface area contributed by atoms with Crippen molar-refractivity contribution in [3.05, 3.63) is 0 Å². The van der Waals surface area contributed by atoms with Crippen LogP contribution in [0.15, 0.2) is 0 Å². The number of methoxy groups -OCH3 is 1. The normalized spacial score (nSPS) is 40.9. The van der Waals surface area contributed by atoms with Crippen LogP contribution >= 0.6 is 0 Å². The van der Waals surface area contributed by atoms with Crippen LogP contribution in [0.25, 0.3) is 0 Å². The highest BCUT2D eigenvalue weighted by Gasteiger charge is 2.50. The standard InChI is InChI=1S/C7H14O8S/c1-14-7-6(16(11,12)13)5(10)4(9)3(2-8)15-7/h3-10H,2H2,1H3,(H,11,12,13)/t3-,4-,5+,6+,7+/m1/s1. The largest absolute Gasteiger partial charge is 0.394 e. The molecule has 96 valence electrons. The van der Waals surface area contributed by atoms with Gasteiger partial charge in [0.15, 0.2) is 11.5 Å². The second kappa shape index (κ2) is 4.92. The summed E-state index contributed by atoms with van der Waals surface area (Å²) in [6, 6.07) is 0. The number of hydrogen-bond acceptors (Lipinski definition) is 7. The van der Waals surface area contributed by atoms with Gasteiger partial charge in [0.2, 0.25) is 0 Å². The van der Waals surface area contributed by atoms with Crippen molar-refractivity contribution in [2.24, 2.45) is 0 Å². The predicted molar refractivity (Wildman–Crippen MR) is 50.1 cm³/mol. The summed E-state index contributed by atoms with van der Waals surface area (Å²) in [5.74, 6) is 0. The molecule has 16 heavy (non-hydrogen) atoms. The molecule has 0 bridgehead atoms. The van der Waals surface area contributed by atoms with Crippen LogP contribution in [0.3, 0.4) is 0 Å². The first-order valence-electron chi connectivity index (χ1n) is 4.44. The lowest BCUT2D eigenvalue weighted by molar-refractivity contribution is -0.246. The fourth-order valence-electron chi connectivity index (χ4n) is 1.56. The van der Waals surface area contributed by atoms with Gasteiger partial charge in [-0.05, 0) is 0 Å². The van der Waals surface area contributed by atoms with E-state index in [1.54, 1.807) is 0 Å². The van der Waals surface area contributed by atoms with Crippen LogP contribution in [0.2, 0.25) is 0 Å². The summed E-state index contributed by atoms with van der Waals surface area (Å²) in [6.07, 6.45) is -6.04. The molecule has 4 N–H and O–H groups in total. The molecule has 1 fully saturated rings. The average Bonchev–Trinajstić information content (AvgIpc) is 2.19. The molecule has 1 heterocycles. The minimum Gasteiger partial charge on any atom is -0.394 e. The molecule has 9 heteroatoms. The zero-order chi connectivity index (χ0) is 12.5. The second-order valence-electron chi connectivity index (χ2n) is 3.42. The van der Waals surface area contributed by atoms with Crippen LogP contribution in [-0.4, -0.2) is 71.9 Å². The average molecular weight is 258 g/mol. The highest BCUT2D eigenvalue weighted by atomic mass is 32.2. The summed E-state index contributed by atoms with van der Waals surface area (Å²) in [6.45, 7) is -0.615. The second-order valence-corrected chi connectivity index (χ2v) is 5.00. The van der Waals surface area contributed by atoms with E-state index < -0.39 is 46.6 Å². The van der Waals surface area contributed by atoms with Crippen LogP contribution in [-0.2, 0) is 19.6 Å². The van der Waals surface area contributed by atoms with Crippen LogP contribution in [0.4, 0.5) is 0 Å². The molecule has 1 rings (SSSR count). The quantitative estimate of drug-likeness (QED) is 0.403. The number of hydrogen-bond donors (Lipinski definition) is 4. The smallest absolute Gasteiger partial charge is 0.275 e. The Morgan fingerprint density at radius 3 is 2.25 bits per heavy atom. The summed E-state index contributed by atoms with van der Waals surface area (Å²) in [4.78, 5) is 0. The van der Waals surface area contributed by atoms with Crippen LogP contribution in [0.5, 0.6) is 0 Å². The number of aliphatic hydroxyl groups excluding tert-OH is 3. The number of ether oxygens (including phenoxy) is 2. The van der Waals surface area contributed by atoms with E-state index in [-0.39, 0.29) is 0 Å². The van der Waals surface area contributed by atoms with Crippen LogP contribution < -0.4 is 0 Å². The first kappa shape index (κ1) is 13.8. The number of aliphatic hydroxyl groups is 3. The molecule has 0 spiro atoms. The number of rotatable bonds is 3. The lowest BCUT2D eigenvalue weighted by Crippen LogP contribution is -2.61. The first-order chi connectivity index (χ1) is 7.32. The van der Waals surface area contributed by atoms with Crippen molar-refractivity contribution in [2.45, 2.75) is 29.9 Å². The molecule has 0 aliphatic carbocycles. The summed E-state index contributed by atoms with van der Waals surface area (Å²) in [5.41, 5.74) is 0. The topological polar surface area (TPSA) is 134 Å². The van der Waals surface area contributed by atoms with E-state index in [1.165, 1.54) is 0 Å². The Balaban J connectivity index is 3.00. The molecule has 0 radical (unpaired) electrons. The third kappa shape index (κ3) is 2.51. The molecule has 8 nitrogen and oxygen atoms in total. The highest BCUT2D eigenvalue weighted by Crippen LogP contribution is 2.26. The van der Waals surface area contributed by atoms with Crippen molar-refractivity contribution in [1.82, 2.24) is 0 Å². The Morgan fingerprint density at radius 2 is 1.88 bits per heavy atom. The maximum Gasteiger partial charge on any atom is 0.275 e. The van der Waals surface area contributed by atoms with Crippen molar-refractivity contribution >= 4 is 10.1 Å². The molecule has 0 amide bonds. The van der Waals surface area contributed by atoms with Crippen LogP contribution in [0, 0.1) is 0 Å². The minimum atomic E-state index is -4.64. The SMILES string of the molecule is CO[C@H]1O[C@H](CO)[C@@H](O)[C@H](O)[C@@H]1S(=O)(=O)O. The summed E-state index contributed by atoms with van der Waals surface area (Å²) in [7, 11) is -3.53. The van der Waals surface area contributed by atoms with Gasteiger partial charge in [0, 0.05) is 7.11 Å². The van der Waals surface area contributed by atoms with E-state index in [9.17, 15) is 18.6 Å². The Kier molecular flexibility index (Phi) is 4.23. The van der Waals surface area contributed by atoms with Crippen molar-refractivity contribution in [2.75, 3.05) is 13.7 Å². The molecule has 0 aromatic rings. The van der Waals surface area contributed by atoms with Crippen molar-refractivity contribution in [3.63, 3.8) is 0 Å². The fraction of sp³-hybridized carbons (Fsp3) is 1.00. The lowest BCUT2D eigenvalue weighted by Gasteiger charge is -2.39. The molecule has 0 unspecified atom stereocenters. The van der Waals surface area contributed by atoms with Crippen molar-refractivity contribution in [3.8, 4) is 0 Å². The van der Waals surface area contributed by atoms with Gasteiger partial charge >= 0.3 is 0 Å². The Hall–Kier alpha value is -0.290. The van der Waals surface area contributed by atoms with Crippen LogP contribution in [0.1, 0.15) is 0 Å². The zero-order valence-corrected chi connectivity index (χ0v) is 9.24. The van der Waals surface area contributed by atoms with E-state index >= 15 is 0 Å². The van der Waals surface area contributed by atoms with E-state index in [0.717, 1.165) is 7.11 Å². The van der Waals surface area contributed by atoms with Gasteiger partial charge in [-0.2, -0.15) is 8.42 Å². The van der Waals surface area contributed by atoms with Crippen molar-refractivity contribution in [1.29, 1.82) is 0 Å². The van der Waals surface area contributed by atoms with E-state index in [0.29, 0.717) is 0 Å². The summed E-state index contributed by atoms with van der Waals surface area (Å²) in [5, 5.41) is 25.9. The van der Waals surface area contributed by atoms with Gasteiger partial charge in [-0.25, -0.2) is 0 Å². The van der Waals surface area contributed by atoms with E-state index in [2.05, 4.69) is 4.74 Å². The van der Waals surface area contributed by atoms with Gasteiger partial charge in [0.05, 0.1) is 6.61 Å². The molecule has 0 saturated carbocycles.